The first-order valence-corrected chi connectivity index (χ1v) is 2.22. The topological polar surface area (TPSA) is 29.5 Å². The van der Waals surface area contributed by atoms with Crippen molar-refractivity contribution in [2.45, 2.75) is 13.3 Å². The Morgan fingerprint density at radius 3 is 2.43 bits per heavy atom. The molecule has 0 aliphatic carbocycles. The minimum Gasteiger partial charge on any atom is -0.512 e. The van der Waals surface area contributed by atoms with Gasteiger partial charge in [0.15, 0.2) is 0 Å². The van der Waals surface area contributed by atoms with Gasteiger partial charge in [0.25, 0.3) is 0 Å². The summed E-state index contributed by atoms with van der Waals surface area (Å²) in [7, 11) is 1.53. The van der Waals surface area contributed by atoms with Crippen molar-refractivity contribution in [3.8, 4) is 0 Å². The van der Waals surface area contributed by atoms with Crippen molar-refractivity contribution in [1.29, 1.82) is 0 Å². The molecule has 0 aromatic rings. The summed E-state index contributed by atoms with van der Waals surface area (Å²) in [5.74, 6) is 0.611. The van der Waals surface area contributed by atoms with Crippen molar-refractivity contribution in [2.24, 2.45) is 0 Å². The van der Waals surface area contributed by atoms with E-state index >= 15 is 0 Å². The molecule has 0 aromatic carbocycles. The van der Waals surface area contributed by atoms with E-state index in [9.17, 15) is 0 Å². The van der Waals surface area contributed by atoms with Gasteiger partial charge >= 0.3 is 0 Å². The van der Waals surface area contributed by atoms with E-state index in [4.69, 9.17) is 5.11 Å². The van der Waals surface area contributed by atoms with E-state index in [2.05, 4.69) is 4.74 Å². The van der Waals surface area contributed by atoms with Gasteiger partial charge in [-0.05, 0) is 0 Å². The molecule has 2 heteroatoms. The fraction of sp³-hybridized carbons (Fsp3) is 0.600. The molecule has 0 aliphatic heterocycles. The fourth-order valence-corrected chi connectivity index (χ4v) is 0.288. The van der Waals surface area contributed by atoms with Crippen LogP contribution in [0.1, 0.15) is 13.3 Å². The Morgan fingerprint density at radius 1 is 1.86 bits per heavy atom. The summed E-state index contributed by atoms with van der Waals surface area (Å²) >= 11 is 0. The third-order valence-electron chi connectivity index (χ3n) is 0.755. The molecule has 0 aliphatic rings. The summed E-state index contributed by atoms with van der Waals surface area (Å²) in [5.41, 5.74) is 0. The molecule has 0 radical (unpaired) electrons. The number of ether oxygens (including phenoxy) is 1. The van der Waals surface area contributed by atoms with Crippen LogP contribution < -0.4 is 0 Å². The van der Waals surface area contributed by atoms with E-state index in [0.717, 1.165) is 12.7 Å². The zero-order chi connectivity index (χ0) is 5.70. The lowest BCUT2D eigenvalue weighted by Gasteiger charge is -1.96. The summed E-state index contributed by atoms with van der Waals surface area (Å²) in [4.78, 5) is 0. The SMILES string of the molecule is CC/C(=C/O)OC. The number of hydrogen-bond acceptors (Lipinski definition) is 2. The maximum absolute atomic E-state index is 8.24. The molecule has 7 heavy (non-hydrogen) atoms. The van der Waals surface area contributed by atoms with Gasteiger partial charge in [0.1, 0.15) is 12.0 Å². The lowest BCUT2D eigenvalue weighted by Crippen LogP contribution is -1.81. The first-order valence-electron chi connectivity index (χ1n) is 2.22. The van der Waals surface area contributed by atoms with Crippen LogP contribution in [0.25, 0.3) is 0 Å². The standard InChI is InChI=1S/C5H10O2/c1-3-5(4-6)7-2/h4,6H,3H2,1-2H3/b5-4-. The quantitative estimate of drug-likeness (QED) is 0.534. The Morgan fingerprint density at radius 2 is 2.43 bits per heavy atom. The number of aliphatic hydroxyl groups excluding tert-OH is 1. The molecule has 0 atom stereocenters. The third kappa shape index (κ3) is 2.09. The van der Waals surface area contributed by atoms with E-state index in [1.165, 1.54) is 7.11 Å². The second-order valence-electron chi connectivity index (χ2n) is 1.15. The average molecular weight is 102 g/mol. The molecule has 0 saturated heterocycles. The summed E-state index contributed by atoms with van der Waals surface area (Å²) in [6.45, 7) is 1.91. The van der Waals surface area contributed by atoms with E-state index < -0.39 is 0 Å². The van der Waals surface area contributed by atoms with Gasteiger partial charge in [-0.2, -0.15) is 0 Å². The molecule has 0 rings (SSSR count). The van der Waals surface area contributed by atoms with Gasteiger partial charge in [0, 0.05) is 6.42 Å². The molecule has 0 spiro atoms. The number of aliphatic hydroxyl groups is 1. The molecule has 0 aromatic heterocycles. The smallest absolute Gasteiger partial charge is 0.129 e. The number of hydrogen-bond donors (Lipinski definition) is 1. The molecule has 2 nitrogen and oxygen atoms in total. The second-order valence-corrected chi connectivity index (χ2v) is 1.15. The van der Waals surface area contributed by atoms with Crippen LogP contribution in [0.5, 0.6) is 0 Å². The zero-order valence-corrected chi connectivity index (χ0v) is 4.64. The van der Waals surface area contributed by atoms with Crippen LogP contribution in [0.2, 0.25) is 0 Å². The molecular weight excluding hydrogens is 92.1 g/mol. The van der Waals surface area contributed by atoms with Crippen LogP contribution in [0, 0.1) is 0 Å². The molecule has 0 saturated carbocycles. The van der Waals surface area contributed by atoms with E-state index in [0.29, 0.717) is 5.76 Å². The van der Waals surface area contributed by atoms with Crippen molar-refractivity contribution in [1.82, 2.24) is 0 Å². The van der Waals surface area contributed by atoms with Gasteiger partial charge in [0.05, 0.1) is 7.11 Å². The van der Waals surface area contributed by atoms with Crippen LogP contribution in [-0.4, -0.2) is 12.2 Å². The third-order valence-corrected chi connectivity index (χ3v) is 0.755. The summed E-state index contributed by atoms with van der Waals surface area (Å²) in [5, 5.41) is 8.24. The normalized spacial score (nSPS) is 11.4. The monoisotopic (exact) mass is 102 g/mol. The van der Waals surface area contributed by atoms with Gasteiger partial charge in [-0.3, -0.25) is 0 Å². The number of methoxy groups -OCH3 is 1. The molecule has 0 unspecified atom stereocenters. The van der Waals surface area contributed by atoms with Gasteiger partial charge in [-0.25, -0.2) is 0 Å². The highest BCUT2D eigenvalue weighted by Gasteiger charge is 1.84. The largest absolute Gasteiger partial charge is 0.512 e. The Balaban J connectivity index is 3.38. The minimum absolute atomic E-state index is 0.611. The van der Waals surface area contributed by atoms with E-state index in [1.54, 1.807) is 0 Å². The maximum Gasteiger partial charge on any atom is 0.129 e. The average Bonchev–Trinajstić information content (AvgIpc) is 1.72. The number of rotatable bonds is 2. The highest BCUT2D eigenvalue weighted by atomic mass is 16.5. The Labute approximate surface area is 43.4 Å². The van der Waals surface area contributed by atoms with Crippen LogP contribution in [0.15, 0.2) is 12.0 Å². The molecule has 0 bridgehead atoms. The van der Waals surface area contributed by atoms with Gasteiger partial charge in [-0.1, -0.05) is 6.92 Å². The van der Waals surface area contributed by atoms with Crippen LogP contribution in [-0.2, 0) is 4.74 Å². The van der Waals surface area contributed by atoms with Crippen molar-refractivity contribution in [3.63, 3.8) is 0 Å². The predicted octanol–water partition coefficient (Wildman–Crippen LogP) is 1.44. The highest BCUT2D eigenvalue weighted by Crippen LogP contribution is 1.96. The van der Waals surface area contributed by atoms with E-state index in [-0.39, 0.29) is 0 Å². The number of allylic oxidation sites excluding steroid dienone is 1. The molecule has 1 N–H and O–H groups in total. The Hall–Kier alpha value is -0.660. The molecule has 42 valence electrons. The summed E-state index contributed by atoms with van der Waals surface area (Å²) in [6.07, 6.45) is 1.72. The van der Waals surface area contributed by atoms with Crippen molar-refractivity contribution >= 4 is 0 Å². The molecule has 0 heterocycles. The van der Waals surface area contributed by atoms with Crippen molar-refractivity contribution < 1.29 is 9.84 Å². The molecule has 0 fully saturated rings. The van der Waals surface area contributed by atoms with Crippen molar-refractivity contribution in [2.75, 3.05) is 7.11 Å². The predicted molar refractivity (Wildman–Crippen MR) is 28.0 cm³/mol. The second kappa shape index (κ2) is 3.53. The molecular formula is C5H10O2. The lowest BCUT2D eigenvalue weighted by atomic mass is 10.4. The summed E-state index contributed by atoms with van der Waals surface area (Å²) in [6, 6.07) is 0. The fourth-order valence-electron chi connectivity index (χ4n) is 0.288. The minimum atomic E-state index is 0.611. The van der Waals surface area contributed by atoms with Crippen LogP contribution in [0.4, 0.5) is 0 Å². The van der Waals surface area contributed by atoms with Gasteiger partial charge < -0.3 is 9.84 Å². The first kappa shape index (κ1) is 6.34. The van der Waals surface area contributed by atoms with Gasteiger partial charge in [0.2, 0.25) is 0 Å². The van der Waals surface area contributed by atoms with Crippen molar-refractivity contribution in [3.05, 3.63) is 12.0 Å². The maximum atomic E-state index is 8.24. The lowest BCUT2D eigenvalue weighted by molar-refractivity contribution is 0.260. The van der Waals surface area contributed by atoms with Crippen LogP contribution in [0.3, 0.4) is 0 Å². The van der Waals surface area contributed by atoms with Gasteiger partial charge in [-0.15, -0.1) is 0 Å². The molecule has 0 amide bonds. The Kier molecular flexibility index (Phi) is 3.19. The first-order chi connectivity index (χ1) is 3.35. The zero-order valence-electron chi connectivity index (χ0n) is 4.64. The highest BCUT2D eigenvalue weighted by molar-refractivity contribution is 4.82. The van der Waals surface area contributed by atoms with Crippen LogP contribution >= 0.6 is 0 Å². The Bertz CT molecular complexity index is 60.5. The summed E-state index contributed by atoms with van der Waals surface area (Å²) < 4.78 is 4.66. The van der Waals surface area contributed by atoms with E-state index in [1.807, 2.05) is 6.92 Å².